The van der Waals surface area contributed by atoms with E-state index in [1.807, 2.05) is 0 Å². The van der Waals surface area contributed by atoms with E-state index in [-0.39, 0.29) is 16.7 Å². The van der Waals surface area contributed by atoms with Crippen molar-refractivity contribution in [1.29, 1.82) is 5.26 Å². The Hall–Kier alpha value is -2.46. The van der Waals surface area contributed by atoms with E-state index in [2.05, 4.69) is 4.98 Å². The van der Waals surface area contributed by atoms with Gasteiger partial charge in [-0.05, 0) is 19.1 Å². The molecule has 1 N–H and O–H groups in total. The summed E-state index contributed by atoms with van der Waals surface area (Å²) in [4.78, 5) is 13.7. The maximum absolute atomic E-state index is 13.9. The Kier molecular flexibility index (Phi) is 3.66. The van der Waals surface area contributed by atoms with Gasteiger partial charge in [0.2, 0.25) is 0 Å². The number of aryl methyl sites for hydroxylation is 1. The summed E-state index contributed by atoms with van der Waals surface area (Å²) in [7, 11) is -3.86. The van der Waals surface area contributed by atoms with Gasteiger partial charge in [-0.25, -0.2) is 12.8 Å². The number of rotatable bonds is 2. The number of benzene rings is 1. The number of H-pyrrole nitrogens is 1. The molecule has 2 aromatic rings. The number of nitrogens with one attached hydrogen (secondary N) is 1. The smallest absolute Gasteiger partial charge is 0.266 e. The highest BCUT2D eigenvalue weighted by atomic mass is 32.2. The molecule has 0 aliphatic rings. The molecule has 7 heteroatoms. The lowest BCUT2D eigenvalue weighted by Gasteiger charge is -2.11. The minimum Gasteiger partial charge on any atom is -0.325 e. The first-order chi connectivity index (χ1) is 9.75. The number of hydrogen-bond donors (Lipinski definition) is 1. The molecule has 1 aromatic heterocycles. The van der Waals surface area contributed by atoms with Crippen molar-refractivity contribution in [3.63, 3.8) is 0 Å². The average molecular weight is 306 g/mol. The lowest BCUT2D eigenvalue weighted by Crippen LogP contribution is -2.14. The van der Waals surface area contributed by atoms with Crippen LogP contribution >= 0.6 is 0 Å². The van der Waals surface area contributed by atoms with Gasteiger partial charge in [0.1, 0.15) is 22.3 Å². The number of hydrogen-bond acceptors (Lipinski definition) is 4. The zero-order valence-corrected chi connectivity index (χ0v) is 12.1. The second kappa shape index (κ2) is 5.14. The van der Waals surface area contributed by atoms with E-state index in [9.17, 15) is 17.6 Å². The van der Waals surface area contributed by atoms with E-state index >= 15 is 0 Å². The second-order valence-electron chi connectivity index (χ2n) is 4.57. The lowest BCUT2D eigenvalue weighted by atomic mass is 10.0. The third-order valence-corrected chi connectivity index (χ3v) is 4.06. The van der Waals surface area contributed by atoms with Gasteiger partial charge in [0.25, 0.3) is 5.56 Å². The molecule has 1 heterocycles. The number of nitrogens with zero attached hydrogens (tertiary/aromatic N) is 1. The van der Waals surface area contributed by atoms with Crippen LogP contribution in [0.3, 0.4) is 0 Å². The number of aromatic nitrogens is 1. The molecule has 0 spiro atoms. The number of aromatic amines is 1. The molecule has 0 saturated carbocycles. The topological polar surface area (TPSA) is 90.8 Å². The Morgan fingerprint density at radius 3 is 2.52 bits per heavy atom. The molecule has 5 nitrogen and oxygen atoms in total. The van der Waals surface area contributed by atoms with Crippen LogP contribution < -0.4 is 5.56 Å². The Bertz CT molecular complexity index is 924. The quantitative estimate of drug-likeness (QED) is 0.915. The lowest BCUT2D eigenvalue weighted by molar-refractivity contribution is 0.572. The summed E-state index contributed by atoms with van der Waals surface area (Å²) < 4.78 is 37.5. The summed E-state index contributed by atoms with van der Waals surface area (Å²) in [5.74, 6) is -0.920. The first-order valence-electron chi connectivity index (χ1n) is 5.88. The molecule has 0 fully saturated rings. The largest absolute Gasteiger partial charge is 0.325 e. The van der Waals surface area contributed by atoms with E-state index in [0.29, 0.717) is 5.69 Å². The van der Waals surface area contributed by atoms with Crippen molar-refractivity contribution in [2.24, 2.45) is 0 Å². The van der Waals surface area contributed by atoms with Crippen molar-refractivity contribution in [3.05, 3.63) is 51.7 Å². The molecule has 0 amide bonds. The standard InChI is InChI=1S/C14H11FN2O3S/c1-8-6-10(11(7-16)14(18)17-8)9-4-3-5-12(15)13(9)21(2,19)20/h3-6H,1-2H3,(H,17,18). The van der Waals surface area contributed by atoms with Gasteiger partial charge in [-0.3, -0.25) is 4.79 Å². The van der Waals surface area contributed by atoms with Crippen molar-refractivity contribution >= 4 is 9.84 Å². The molecule has 0 aliphatic heterocycles. The van der Waals surface area contributed by atoms with Crippen molar-refractivity contribution in [3.8, 4) is 17.2 Å². The van der Waals surface area contributed by atoms with E-state index in [1.165, 1.54) is 18.2 Å². The normalized spacial score (nSPS) is 11.1. The summed E-state index contributed by atoms with van der Waals surface area (Å²) in [6, 6.07) is 6.89. The number of nitriles is 1. The Morgan fingerprint density at radius 2 is 1.95 bits per heavy atom. The van der Waals surface area contributed by atoms with Gasteiger partial charge in [-0.1, -0.05) is 12.1 Å². The SMILES string of the molecule is Cc1cc(-c2cccc(F)c2S(C)(=O)=O)c(C#N)c(=O)[nH]1. The van der Waals surface area contributed by atoms with Gasteiger partial charge in [-0.2, -0.15) is 5.26 Å². The van der Waals surface area contributed by atoms with E-state index in [0.717, 1.165) is 12.3 Å². The fraction of sp³-hybridized carbons (Fsp3) is 0.143. The van der Waals surface area contributed by atoms with E-state index in [4.69, 9.17) is 5.26 Å². The Balaban J connectivity index is 2.98. The molecule has 0 aliphatic carbocycles. The van der Waals surface area contributed by atoms with Crippen LogP contribution in [0.4, 0.5) is 4.39 Å². The molecule has 108 valence electrons. The fourth-order valence-corrected chi connectivity index (χ4v) is 3.11. The van der Waals surface area contributed by atoms with Crippen LogP contribution in [0.1, 0.15) is 11.3 Å². The third kappa shape index (κ3) is 2.71. The first-order valence-corrected chi connectivity index (χ1v) is 7.78. The highest BCUT2D eigenvalue weighted by Crippen LogP contribution is 2.30. The summed E-state index contributed by atoms with van der Waals surface area (Å²) in [6.45, 7) is 1.59. The third-order valence-electron chi connectivity index (χ3n) is 2.91. The molecule has 0 bridgehead atoms. The minimum atomic E-state index is -3.86. The van der Waals surface area contributed by atoms with Crippen molar-refractivity contribution in [2.75, 3.05) is 6.26 Å². The Morgan fingerprint density at radius 1 is 1.29 bits per heavy atom. The maximum atomic E-state index is 13.9. The van der Waals surface area contributed by atoms with Gasteiger partial charge in [-0.15, -0.1) is 0 Å². The van der Waals surface area contributed by atoms with Crippen LogP contribution in [0.15, 0.2) is 34.0 Å². The van der Waals surface area contributed by atoms with Crippen LogP contribution in [-0.4, -0.2) is 19.7 Å². The van der Waals surface area contributed by atoms with Gasteiger partial charge < -0.3 is 4.98 Å². The molecule has 1 aromatic carbocycles. The van der Waals surface area contributed by atoms with Gasteiger partial charge in [0.05, 0.1) is 0 Å². The highest BCUT2D eigenvalue weighted by molar-refractivity contribution is 7.90. The average Bonchev–Trinajstić information content (AvgIpc) is 2.36. The zero-order chi connectivity index (χ0) is 15.8. The van der Waals surface area contributed by atoms with Crippen LogP contribution in [0.2, 0.25) is 0 Å². The molecule has 0 saturated heterocycles. The summed E-state index contributed by atoms with van der Waals surface area (Å²) >= 11 is 0. The van der Waals surface area contributed by atoms with Crippen LogP contribution in [0.25, 0.3) is 11.1 Å². The molecule has 2 rings (SSSR count). The molecular formula is C14H11FN2O3S. The minimum absolute atomic E-state index is 0.00301. The monoisotopic (exact) mass is 306 g/mol. The maximum Gasteiger partial charge on any atom is 0.266 e. The summed E-state index contributed by atoms with van der Waals surface area (Å²) in [6.07, 6.45) is 0.876. The summed E-state index contributed by atoms with van der Waals surface area (Å²) in [5.41, 5.74) is -0.355. The van der Waals surface area contributed by atoms with Crippen molar-refractivity contribution in [2.45, 2.75) is 11.8 Å². The molecule has 0 atom stereocenters. The number of halogens is 1. The van der Waals surface area contributed by atoms with E-state index in [1.54, 1.807) is 13.0 Å². The van der Waals surface area contributed by atoms with Crippen molar-refractivity contribution in [1.82, 2.24) is 4.98 Å². The second-order valence-corrected chi connectivity index (χ2v) is 6.52. The predicted octanol–water partition coefficient (Wildman–Crippen LogP) is 1.76. The highest BCUT2D eigenvalue weighted by Gasteiger charge is 2.22. The fourth-order valence-electron chi connectivity index (χ4n) is 2.11. The molecule has 21 heavy (non-hydrogen) atoms. The first kappa shape index (κ1) is 14.9. The van der Waals surface area contributed by atoms with Gasteiger partial charge in [0.15, 0.2) is 9.84 Å². The van der Waals surface area contributed by atoms with Crippen LogP contribution in [0, 0.1) is 24.1 Å². The molecule has 0 unspecified atom stereocenters. The summed E-state index contributed by atoms with van der Waals surface area (Å²) in [5, 5.41) is 9.10. The molecular weight excluding hydrogens is 295 g/mol. The molecule has 0 radical (unpaired) electrons. The van der Waals surface area contributed by atoms with Crippen LogP contribution in [0.5, 0.6) is 0 Å². The predicted molar refractivity (Wildman–Crippen MR) is 75.0 cm³/mol. The zero-order valence-electron chi connectivity index (χ0n) is 11.3. The Labute approximate surface area is 120 Å². The van der Waals surface area contributed by atoms with Crippen molar-refractivity contribution < 1.29 is 12.8 Å². The number of sulfone groups is 1. The van der Waals surface area contributed by atoms with Gasteiger partial charge >= 0.3 is 0 Å². The van der Waals surface area contributed by atoms with Crippen LogP contribution in [-0.2, 0) is 9.84 Å². The number of pyridine rings is 1. The van der Waals surface area contributed by atoms with Gasteiger partial charge in [0, 0.05) is 23.1 Å². The van der Waals surface area contributed by atoms with E-state index < -0.39 is 26.1 Å².